The topological polar surface area (TPSA) is 60.2 Å². The van der Waals surface area contributed by atoms with Crippen molar-refractivity contribution < 1.29 is 13.5 Å². The average molecular weight is 251 g/mol. The SMILES string of the molecule is COc1nc(Nc2ccc(F)c(F)c2)ccc1N. The Morgan fingerprint density at radius 3 is 2.61 bits per heavy atom. The lowest BCUT2D eigenvalue weighted by molar-refractivity contribution is 0.401. The Hall–Kier alpha value is -2.37. The summed E-state index contributed by atoms with van der Waals surface area (Å²) in [5.74, 6) is -1.14. The molecular formula is C12H11F2N3O. The van der Waals surface area contributed by atoms with E-state index in [1.807, 2.05) is 0 Å². The van der Waals surface area contributed by atoms with Crippen molar-refractivity contribution in [3.05, 3.63) is 42.0 Å². The van der Waals surface area contributed by atoms with Gasteiger partial charge in [-0.25, -0.2) is 8.78 Å². The summed E-state index contributed by atoms with van der Waals surface area (Å²) >= 11 is 0. The third kappa shape index (κ3) is 2.48. The van der Waals surface area contributed by atoms with Gasteiger partial charge in [0.15, 0.2) is 11.6 Å². The van der Waals surface area contributed by atoms with Crippen molar-refractivity contribution in [3.8, 4) is 5.88 Å². The molecule has 0 fully saturated rings. The summed E-state index contributed by atoms with van der Waals surface area (Å²) in [6.45, 7) is 0. The van der Waals surface area contributed by atoms with E-state index in [2.05, 4.69) is 10.3 Å². The highest BCUT2D eigenvalue weighted by molar-refractivity contribution is 5.60. The van der Waals surface area contributed by atoms with Gasteiger partial charge >= 0.3 is 0 Å². The Morgan fingerprint density at radius 1 is 1.17 bits per heavy atom. The minimum absolute atomic E-state index is 0.266. The van der Waals surface area contributed by atoms with Crippen LogP contribution in [0.25, 0.3) is 0 Å². The van der Waals surface area contributed by atoms with E-state index in [-0.39, 0.29) is 5.88 Å². The third-order valence-corrected chi connectivity index (χ3v) is 2.28. The number of hydrogen-bond acceptors (Lipinski definition) is 4. The Labute approximate surface area is 102 Å². The van der Waals surface area contributed by atoms with Crippen LogP contribution >= 0.6 is 0 Å². The molecule has 0 spiro atoms. The summed E-state index contributed by atoms with van der Waals surface area (Å²) in [6, 6.07) is 6.70. The zero-order chi connectivity index (χ0) is 13.1. The zero-order valence-corrected chi connectivity index (χ0v) is 9.58. The summed E-state index contributed by atoms with van der Waals surface area (Å²) in [5, 5.41) is 2.82. The molecule has 2 rings (SSSR count). The zero-order valence-electron chi connectivity index (χ0n) is 9.58. The molecule has 0 aliphatic rings. The first-order valence-electron chi connectivity index (χ1n) is 5.12. The molecule has 0 saturated heterocycles. The predicted octanol–water partition coefficient (Wildman–Crippen LogP) is 2.69. The van der Waals surface area contributed by atoms with E-state index in [1.165, 1.54) is 13.2 Å². The van der Waals surface area contributed by atoms with Crippen molar-refractivity contribution in [1.82, 2.24) is 4.98 Å². The molecule has 0 aliphatic heterocycles. The Morgan fingerprint density at radius 2 is 1.94 bits per heavy atom. The molecule has 0 bridgehead atoms. The lowest BCUT2D eigenvalue weighted by Crippen LogP contribution is -1.99. The number of nitrogen functional groups attached to an aromatic ring is 1. The summed E-state index contributed by atoms with van der Waals surface area (Å²) in [6.07, 6.45) is 0. The number of aromatic nitrogens is 1. The maximum Gasteiger partial charge on any atom is 0.238 e. The maximum atomic E-state index is 13.0. The number of pyridine rings is 1. The predicted molar refractivity (Wildman–Crippen MR) is 64.8 cm³/mol. The molecule has 1 heterocycles. The minimum atomic E-state index is -0.928. The fourth-order valence-corrected chi connectivity index (χ4v) is 1.41. The number of nitrogens with zero attached hydrogens (tertiary/aromatic N) is 1. The molecule has 3 N–H and O–H groups in total. The maximum absolute atomic E-state index is 13.0. The van der Waals surface area contributed by atoms with Crippen LogP contribution in [-0.2, 0) is 0 Å². The highest BCUT2D eigenvalue weighted by atomic mass is 19.2. The third-order valence-electron chi connectivity index (χ3n) is 2.28. The van der Waals surface area contributed by atoms with Crippen molar-refractivity contribution >= 4 is 17.2 Å². The molecule has 0 atom stereocenters. The van der Waals surface area contributed by atoms with Crippen molar-refractivity contribution in [2.45, 2.75) is 0 Å². The van der Waals surface area contributed by atoms with Gasteiger partial charge in [0.1, 0.15) is 5.82 Å². The number of nitrogens with two attached hydrogens (primary N) is 1. The van der Waals surface area contributed by atoms with Gasteiger partial charge in [-0.05, 0) is 24.3 Å². The number of benzene rings is 1. The standard InChI is InChI=1S/C12H11F2N3O/c1-18-12-10(15)4-5-11(17-12)16-7-2-3-8(13)9(14)6-7/h2-6H,15H2,1H3,(H,16,17). The molecule has 0 unspecified atom stereocenters. The second-order valence-electron chi connectivity index (χ2n) is 3.55. The van der Waals surface area contributed by atoms with Gasteiger partial charge < -0.3 is 15.8 Å². The van der Waals surface area contributed by atoms with Crippen molar-refractivity contribution in [2.75, 3.05) is 18.2 Å². The summed E-state index contributed by atoms with van der Waals surface area (Å²) in [4.78, 5) is 4.06. The molecule has 0 amide bonds. The number of rotatable bonds is 3. The molecule has 0 radical (unpaired) electrons. The van der Waals surface area contributed by atoms with Crippen LogP contribution in [0.15, 0.2) is 30.3 Å². The van der Waals surface area contributed by atoms with E-state index in [1.54, 1.807) is 12.1 Å². The Balaban J connectivity index is 2.25. The van der Waals surface area contributed by atoms with E-state index in [9.17, 15) is 8.78 Å². The first-order chi connectivity index (χ1) is 8.60. The van der Waals surface area contributed by atoms with Crippen molar-refractivity contribution in [3.63, 3.8) is 0 Å². The van der Waals surface area contributed by atoms with Crippen LogP contribution in [0.4, 0.5) is 26.0 Å². The molecule has 4 nitrogen and oxygen atoms in total. The first kappa shape index (κ1) is 12.1. The van der Waals surface area contributed by atoms with Crippen LogP contribution in [-0.4, -0.2) is 12.1 Å². The number of halogens is 2. The number of nitrogens with one attached hydrogen (secondary N) is 1. The van der Waals surface area contributed by atoms with Gasteiger partial charge in [-0.15, -0.1) is 0 Å². The van der Waals surface area contributed by atoms with Crippen LogP contribution in [0.5, 0.6) is 5.88 Å². The first-order valence-corrected chi connectivity index (χ1v) is 5.12. The summed E-state index contributed by atoms with van der Waals surface area (Å²) in [5.41, 5.74) is 6.39. The van der Waals surface area contributed by atoms with Gasteiger partial charge in [-0.1, -0.05) is 0 Å². The number of anilines is 3. The molecule has 0 aliphatic carbocycles. The van der Waals surface area contributed by atoms with Gasteiger partial charge in [-0.3, -0.25) is 0 Å². The number of hydrogen-bond donors (Lipinski definition) is 2. The molecule has 1 aromatic heterocycles. The van der Waals surface area contributed by atoms with Crippen molar-refractivity contribution in [1.29, 1.82) is 0 Å². The molecule has 2 aromatic rings. The van der Waals surface area contributed by atoms with Gasteiger partial charge in [0.2, 0.25) is 5.88 Å². The highest BCUT2D eigenvalue weighted by Crippen LogP contribution is 2.23. The molecular weight excluding hydrogens is 240 g/mol. The van der Waals surface area contributed by atoms with Crippen LogP contribution in [0, 0.1) is 11.6 Å². The molecule has 0 saturated carbocycles. The molecule has 94 valence electrons. The average Bonchev–Trinajstić information content (AvgIpc) is 2.36. The fourth-order valence-electron chi connectivity index (χ4n) is 1.41. The monoisotopic (exact) mass is 251 g/mol. The normalized spacial score (nSPS) is 10.2. The highest BCUT2D eigenvalue weighted by Gasteiger charge is 2.05. The van der Waals surface area contributed by atoms with Crippen LogP contribution in [0.1, 0.15) is 0 Å². The van der Waals surface area contributed by atoms with Gasteiger partial charge in [0.05, 0.1) is 12.8 Å². The minimum Gasteiger partial charge on any atom is -0.479 e. The van der Waals surface area contributed by atoms with E-state index in [0.717, 1.165) is 12.1 Å². The molecule has 6 heteroatoms. The number of methoxy groups -OCH3 is 1. The van der Waals surface area contributed by atoms with Gasteiger partial charge in [-0.2, -0.15) is 4.98 Å². The van der Waals surface area contributed by atoms with E-state index < -0.39 is 11.6 Å². The lowest BCUT2D eigenvalue weighted by atomic mass is 10.3. The van der Waals surface area contributed by atoms with E-state index in [4.69, 9.17) is 10.5 Å². The number of ether oxygens (including phenoxy) is 1. The Kier molecular flexibility index (Phi) is 3.27. The molecule has 18 heavy (non-hydrogen) atoms. The van der Waals surface area contributed by atoms with Crippen LogP contribution < -0.4 is 15.8 Å². The van der Waals surface area contributed by atoms with Gasteiger partial charge in [0.25, 0.3) is 0 Å². The van der Waals surface area contributed by atoms with Gasteiger partial charge in [0, 0.05) is 11.8 Å². The van der Waals surface area contributed by atoms with Crippen molar-refractivity contribution in [2.24, 2.45) is 0 Å². The second-order valence-corrected chi connectivity index (χ2v) is 3.55. The fraction of sp³-hybridized carbons (Fsp3) is 0.0833. The quantitative estimate of drug-likeness (QED) is 0.880. The summed E-state index contributed by atoms with van der Waals surface area (Å²) in [7, 11) is 1.44. The summed E-state index contributed by atoms with van der Waals surface area (Å²) < 4.78 is 30.7. The Bertz CT molecular complexity index is 575. The smallest absolute Gasteiger partial charge is 0.238 e. The largest absolute Gasteiger partial charge is 0.479 e. The lowest BCUT2D eigenvalue weighted by Gasteiger charge is -2.08. The second kappa shape index (κ2) is 4.87. The van der Waals surface area contributed by atoms with E-state index >= 15 is 0 Å². The van der Waals surface area contributed by atoms with Crippen LogP contribution in [0.3, 0.4) is 0 Å². The van der Waals surface area contributed by atoms with Crippen LogP contribution in [0.2, 0.25) is 0 Å². The van der Waals surface area contributed by atoms with E-state index in [0.29, 0.717) is 17.2 Å². The molecule has 1 aromatic carbocycles.